The maximum atomic E-state index is 13.3. The standard InChI is InChI=1S/C22H20O7/c1-3-4-8-17(25)28-22-21-18(12-6-5-7-14(23)20(12)29-22)19(26)13-9-11(2)15(24)10-16(13)27-21/h5-7,9-10,22-24H,3-4,8H2,1-2H3. The number of aryl methyl sites for hydroxylation is 1. The van der Waals surface area contributed by atoms with Gasteiger partial charge < -0.3 is 24.1 Å². The Bertz CT molecular complexity index is 1180. The largest absolute Gasteiger partial charge is 0.508 e. The predicted octanol–water partition coefficient (Wildman–Crippen LogP) is 4.30. The number of ether oxygens (including phenoxy) is 2. The molecular weight excluding hydrogens is 376 g/mol. The second-order valence-corrected chi connectivity index (χ2v) is 7.00. The molecule has 1 aromatic heterocycles. The number of rotatable bonds is 4. The van der Waals surface area contributed by atoms with Gasteiger partial charge in [0.1, 0.15) is 11.3 Å². The average Bonchev–Trinajstić information content (AvgIpc) is 2.69. The Balaban J connectivity index is 1.94. The molecule has 3 aromatic rings. The Kier molecular flexibility index (Phi) is 4.66. The van der Waals surface area contributed by atoms with Crippen LogP contribution in [-0.4, -0.2) is 16.2 Å². The van der Waals surface area contributed by atoms with Gasteiger partial charge in [-0.3, -0.25) is 9.59 Å². The van der Waals surface area contributed by atoms with Gasteiger partial charge in [-0.25, -0.2) is 0 Å². The summed E-state index contributed by atoms with van der Waals surface area (Å²) in [5.41, 5.74) is 0.818. The van der Waals surface area contributed by atoms with E-state index in [-0.39, 0.29) is 51.4 Å². The molecule has 0 saturated carbocycles. The molecule has 1 unspecified atom stereocenters. The summed E-state index contributed by atoms with van der Waals surface area (Å²) < 4.78 is 17.0. The maximum absolute atomic E-state index is 13.3. The molecule has 1 atom stereocenters. The van der Waals surface area contributed by atoms with Crippen LogP contribution in [0.15, 0.2) is 39.5 Å². The molecule has 0 amide bonds. The van der Waals surface area contributed by atoms with Gasteiger partial charge in [-0.1, -0.05) is 25.5 Å². The quantitative estimate of drug-likeness (QED) is 0.633. The third kappa shape index (κ3) is 3.18. The van der Waals surface area contributed by atoms with Crippen LogP contribution in [0.2, 0.25) is 0 Å². The first-order valence-electron chi connectivity index (χ1n) is 9.39. The minimum Gasteiger partial charge on any atom is -0.508 e. The molecule has 0 fully saturated rings. The predicted molar refractivity (Wildman–Crippen MR) is 105 cm³/mol. The van der Waals surface area contributed by atoms with E-state index >= 15 is 0 Å². The van der Waals surface area contributed by atoms with Crippen molar-refractivity contribution < 1.29 is 28.9 Å². The van der Waals surface area contributed by atoms with E-state index in [1.165, 1.54) is 18.2 Å². The van der Waals surface area contributed by atoms with Crippen LogP contribution in [0.1, 0.15) is 43.8 Å². The fourth-order valence-electron chi connectivity index (χ4n) is 3.36. The van der Waals surface area contributed by atoms with Crippen LogP contribution in [-0.2, 0) is 9.53 Å². The normalized spacial score (nSPS) is 14.8. The zero-order chi connectivity index (χ0) is 20.7. The summed E-state index contributed by atoms with van der Waals surface area (Å²) in [6.07, 6.45) is 0.335. The molecule has 4 rings (SSSR count). The van der Waals surface area contributed by atoms with Gasteiger partial charge in [-0.05, 0) is 31.0 Å². The fraction of sp³-hybridized carbons (Fsp3) is 0.273. The number of para-hydroxylation sites is 1. The van der Waals surface area contributed by atoms with Gasteiger partial charge in [-0.2, -0.15) is 0 Å². The number of carbonyl (C=O) groups excluding carboxylic acids is 1. The van der Waals surface area contributed by atoms with Crippen molar-refractivity contribution in [3.05, 3.63) is 51.9 Å². The van der Waals surface area contributed by atoms with Crippen LogP contribution in [0.4, 0.5) is 0 Å². The van der Waals surface area contributed by atoms with Crippen molar-refractivity contribution in [2.45, 2.75) is 39.4 Å². The molecule has 1 aliphatic rings. The van der Waals surface area contributed by atoms with E-state index in [0.717, 1.165) is 6.42 Å². The lowest BCUT2D eigenvalue weighted by Crippen LogP contribution is -2.24. The molecule has 2 aromatic carbocycles. The zero-order valence-corrected chi connectivity index (χ0v) is 16.0. The second-order valence-electron chi connectivity index (χ2n) is 7.00. The third-order valence-corrected chi connectivity index (χ3v) is 4.91. The minimum absolute atomic E-state index is 0.0214. The van der Waals surface area contributed by atoms with Crippen molar-refractivity contribution in [1.29, 1.82) is 0 Å². The summed E-state index contributed by atoms with van der Waals surface area (Å²) in [7, 11) is 0. The van der Waals surface area contributed by atoms with Gasteiger partial charge in [0.15, 0.2) is 17.3 Å². The Hall–Kier alpha value is -3.48. The van der Waals surface area contributed by atoms with Gasteiger partial charge in [0, 0.05) is 18.1 Å². The number of phenolic OH excluding ortho intramolecular Hbond substituents is 2. The number of phenols is 2. The first kappa shape index (κ1) is 18.9. The molecule has 29 heavy (non-hydrogen) atoms. The van der Waals surface area contributed by atoms with Gasteiger partial charge in [-0.15, -0.1) is 0 Å². The van der Waals surface area contributed by atoms with E-state index < -0.39 is 12.3 Å². The number of hydrogen-bond acceptors (Lipinski definition) is 7. The lowest BCUT2D eigenvalue weighted by atomic mass is 9.97. The van der Waals surface area contributed by atoms with Crippen molar-refractivity contribution in [2.75, 3.05) is 0 Å². The van der Waals surface area contributed by atoms with Crippen molar-refractivity contribution in [3.8, 4) is 28.4 Å². The highest BCUT2D eigenvalue weighted by atomic mass is 16.7. The number of fused-ring (bicyclic) bond motifs is 4. The summed E-state index contributed by atoms with van der Waals surface area (Å²) in [5.74, 6) is -0.628. The number of unbranched alkanes of at least 4 members (excludes halogenated alkanes) is 1. The number of carbonyl (C=O) groups is 1. The summed E-state index contributed by atoms with van der Waals surface area (Å²) in [6.45, 7) is 3.63. The molecule has 0 radical (unpaired) electrons. The molecule has 7 nitrogen and oxygen atoms in total. The SMILES string of the molecule is CCCCC(=O)OC1Oc2c(O)cccc2-c2c1oc1cc(O)c(C)cc1c2=O. The molecule has 2 N–H and O–H groups in total. The van der Waals surface area contributed by atoms with Gasteiger partial charge in [0.25, 0.3) is 0 Å². The van der Waals surface area contributed by atoms with E-state index in [9.17, 15) is 19.8 Å². The summed E-state index contributed by atoms with van der Waals surface area (Å²) in [6, 6.07) is 7.52. The molecule has 1 aliphatic heterocycles. The van der Waals surface area contributed by atoms with E-state index in [1.54, 1.807) is 19.1 Å². The topological polar surface area (TPSA) is 106 Å². The Morgan fingerprint density at radius 2 is 2.00 bits per heavy atom. The fourth-order valence-corrected chi connectivity index (χ4v) is 3.36. The smallest absolute Gasteiger partial charge is 0.309 e. The Labute approximate surface area is 166 Å². The highest BCUT2D eigenvalue weighted by Crippen LogP contribution is 2.46. The summed E-state index contributed by atoms with van der Waals surface area (Å²) >= 11 is 0. The average molecular weight is 396 g/mol. The van der Waals surface area contributed by atoms with Gasteiger partial charge in [0.05, 0.1) is 10.9 Å². The maximum Gasteiger partial charge on any atom is 0.309 e. The molecule has 150 valence electrons. The summed E-state index contributed by atoms with van der Waals surface area (Å²) in [4.78, 5) is 25.5. The number of benzene rings is 2. The minimum atomic E-state index is -1.32. The van der Waals surface area contributed by atoms with Gasteiger partial charge in [0.2, 0.25) is 5.43 Å². The molecule has 2 heterocycles. The van der Waals surface area contributed by atoms with Crippen LogP contribution in [0, 0.1) is 6.92 Å². The lowest BCUT2D eigenvalue weighted by molar-refractivity contribution is -0.168. The number of esters is 1. The molecule has 7 heteroatoms. The first-order valence-corrected chi connectivity index (χ1v) is 9.39. The van der Waals surface area contributed by atoms with Crippen molar-refractivity contribution >= 4 is 16.9 Å². The van der Waals surface area contributed by atoms with Crippen molar-refractivity contribution in [1.82, 2.24) is 0 Å². The van der Waals surface area contributed by atoms with Crippen molar-refractivity contribution in [2.24, 2.45) is 0 Å². The van der Waals surface area contributed by atoms with Gasteiger partial charge >= 0.3 is 12.3 Å². The molecule has 0 spiro atoms. The Morgan fingerprint density at radius 1 is 1.21 bits per heavy atom. The van der Waals surface area contributed by atoms with Crippen LogP contribution in [0.25, 0.3) is 22.1 Å². The molecular formula is C22H20O7. The molecule has 0 bridgehead atoms. The number of aromatic hydroxyl groups is 2. The van der Waals surface area contributed by atoms with E-state index in [1.807, 2.05) is 6.92 Å². The zero-order valence-electron chi connectivity index (χ0n) is 16.0. The van der Waals surface area contributed by atoms with E-state index in [2.05, 4.69) is 0 Å². The van der Waals surface area contributed by atoms with Crippen LogP contribution in [0.5, 0.6) is 17.2 Å². The number of hydrogen-bond donors (Lipinski definition) is 2. The summed E-state index contributed by atoms with van der Waals surface area (Å²) in [5, 5.41) is 20.5. The third-order valence-electron chi connectivity index (χ3n) is 4.91. The highest BCUT2D eigenvalue weighted by Gasteiger charge is 2.36. The molecule has 0 saturated heterocycles. The van der Waals surface area contributed by atoms with Crippen LogP contribution >= 0.6 is 0 Å². The lowest BCUT2D eigenvalue weighted by Gasteiger charge is -2.27. The highest BCUT2D eigenvalue weighted by molar-refractivity contribution is 5.87. The van der Waals surface area contributed by atoms with E-state index in [0.29, 0.717) is 17.5 Å². The Morgan fingerprint density at radius 3 is 2.76 bits per heavy atom. The second kappa shape index (κ2) is 7.16. The van der Waals surface area contributed by atoms with Crippen LogP contribution < -0.4 is 10.2 Å². The molecule has 0 aliphatic carbocycles. The van der Waals surface area contributed by atoms with Crippen molar-refractivity contribution in [3.63, 3.8) is 0 Å². The first-order chi connectivity index (χ1) is 13.9. The van der Waals surface area contributed by atoms with E-state index in [4.69, 9.17) is 13.9 Å². The van der Waals surface area contributed by atoms with Crippen LogP contribution in [0.3, 0.4) is 0 Å². The monoisotopic (exact) mass is 396 g/mol.